The molecule has 1 rings (SSSR count). The van der Waals surface area contributed by atoms with E-state index in [9.17, 15) is 24.1 Å². The molecule has 2 N–H and O–H groups in total. The summed E-state index contributed by atoms with van der Waals surface area (Å²) in [6.45, 7) is 4.07. The number of ether oxygens (including phenoxy) is 2. The fourth-order valence-electron chi connectivity index (χ4n) is 1.49. The molecule has 0 aliphatic rings. The van der Waals surface area contributed by atoms with Crippen LogP contribution in [0.15, 0.2) is 12.3 Å². The van der Waals surface area contributed by atoms with Gasteiger partial charge in [-0.05, 0) is 20.8 Å². The van der Waals surface area contributed by atoms with Crippen molar-refractivity contribution in [3.05, 3.63) is 28.3 Å². The van der Waals surface area contributed by atoms with Gasteiger partial charge in [0.05, 0.1) is 4.92 Å². The summed E-state index contributed by atoms with van der Waals surface area (Å²) in [4.78, 5) is 35.6. The fraction of sp³-hybridized carbons (Fsp3) is 0.462. The second kappa shape index (κ2) is 7.53. The Morgan fingerprint density at radius 1 is 1.50 bits per heavy atom. The first kappa shape index (κ1) is 19.1. The first-order valence-electron chi connectivity index (χ1n) is 6.65. The van der Waals surface area contributed by atoms with E-state index < -0.39 is 52.6 Å². The third-order valence-corrected chi connectivity index (χ3v) is 2.42. The number of rotatable bonds is 6. The fourth-order valence-corrected chi connectivity index (χ4v) is 1.49. The van der Waals surface area contributed by atoms with Crippen LogP contribution in [0.1, 0.15) is 20.8 Å². The number of nitrogens with zero attached hydrogens (tertiary/aromatic N) is 2. The average molecular weight is 345 g/mol. The number of carbonyl (C=O) groups excluding carboxylic acids is 1. The Kier molecular flexibility index (Phi) is 5.98. The van der Waals surface area contributed by atoms with E-state index in [0.29, 0.717) is 0 Å². The molecule has 1 aromatic rings. The van der Waals surface area contributed by atoms with Crippen molar-refractivity contribution in [3.63, 3.8) is 0 Å². The van der Waals surface area contributed by atoms with Crippen molar-refractivity contribution in [2.24, 2.45) is 0 Å². The number of carboxylic acid groups (broad SMARTS) is 1. The van der Waals surface area contributed by atoms with E-state index in [1.54, 1.807) is 20.8 Å². The molecule has 0 bridgehead atoms. The lowest BCUT2D eigenvalue weighted by Crippen LogP contribution is -2.46. The van der Waals surface area contributed by atoms with Crippen LogP contribution in [0.4, 0.5) is 14.9 Å². The summed E-state index contributed by atoms with van der Waals surface area (Å²) in [5.41, 5.74) is -1.88. The van der Waals surface area contributed by atoms with Gasteiger partial charge in [-0.1, -0.05) is 0 Å². The lowest BCUT2D eigenvalue weighted by molar-refractivity contribution is -0.389. The molecule has 1 amide bonds. The maximum Gasteiger partial charge on any atom is 0.408 e. The van der Waals surface area contributed by atoms with Crippen LogP contribution >= 0.6 is 0 Å². The van der Waals surface area contributed by atoms with E-state index in [2.05, 4.69) is 4.98 Å². The smallest absolute Gasteiger partial charge is 0.408 e. The molecular weight excluding hydrogens is 329 g/mol. The summed E-state index contributed by atoms with van der Waals surface area (Å²) in [5.74, 6) is -3.34. The van der Waals surface area contributed by atoms with Crippen LogP contribution in [0.25, 0.3) is 0 Å². The van der Waals surface area contributed by atoms with E-state index in [1.165, 1.54) is 0 Å². The Balaban J connectivity index is 2.82. The molecule has 1 atom stereocenters. The van der Waals surface area contributed by atoms with Gasteiger partial charge in [-0.15, -0.1) is 0 Å². The van der Waals surface area contributed by atoms with E-state index in [-0.39, 0.29) is 0 Å². The lowest BCUT2D eigenvalue weighted by Gasteiger charge is -2.22. The number of aromatic nitrogens is 1. The zero-order chi connectivity index (χ0) is 18.5. The van der Waals surface area contributed by atoms with E-state index >= 15 is 0 Å². The highest BCUT2D eigenvalue weighted by molar-refractivity contribution is 5.80. The molecule has 10 nitrogen and oxygen atoms in total. The predicted octanol–water partition coefficient (Wildman–Crippen LogP) is 1.49. The van der Waals surface area contributed by atoms with Crippen molar-refractivity contribution in [2.75, 3.05) is 6.61 Å². The Morgan fingerprint density at radius 2 is 2.12 bits per heavy atom. The quantitative estimate of drug-likeness (QED) is 0.449. The molecule has 0 aromatic carbocycles. The summed E-state index contributed by atoms with van der Waals surface area (Å²) < 4.78 is 23.2. The summed E-state index contributed by atoms with van der Waals surface area (Å²) in [7, 11) is 0. The van der Waals surface area contributed by atoms with Gasteiger partial charge in [-0.2, -0.15) is 4.39 Å². The number of aliphatic carboxylic acids is 1. The van der Waals surface area contributed by atoms with Crippen molar-refractivity contribution < 1.29 is 33.5 Å². The van der Waals surface area contributed by atoms with Gasteiger partial charge in [0.15, 0.2) is 6.04 Å². The molecule has 0 spiro atoms. The molecule has 0 unspecified atom stereocenters. The maximum absolute atomic E-state index is 13.3. The molecule has 1 heterocycles. The molecule has 0 fully saturated rings. The highest BCUT2D eigenvalue weighted by Crippen LogP contribution is 2.28. The normalized spacial score (nSPS) is 12.2. The largest absolute Gasteiger partial charge is 0.484 e. The Bertz CT molecular complexity index is 645. The molecule has 132 valence electrons. The third-order valence-electron chi connectivity index (χ3n) is 2.42. The topological polar surface area (TPSA) is 141 Å². The number of alkyl carbamates (subject to hydrolysis) is 1. The zero-order valence-electron chi connectivity index (χ0n) is 13.1. The summed E-state index contributed by atoms with van der Waals surface area (Å²) >= 11 is 0. The van der Waals surface area contributed by atoms with Crippen LogP contribution < -0.4 is 10.1 Å². The molecular formula is C13H16FN3O7. The van der Waals surface area contributed by atoms with Gasteiger partial charge in [0.25, 0.3) is 5.95 Å². The van der Waals surface area contributed by atoms with E-state index in [0.717, 1.165) is 12.3 Å². The molecule has 1 aromatic heterocycles. The summed E-state index contributed by atoms with van der Waals surface area (Å²) in [5, 5.41) is 21.9. The monoisotopic (exact) mass is 345 g/mol. The van der Waals surface area contributed by atoms with Crippen LogP contribution in [0.5, 0.6) is 5.75 Å². The summed E-state index contributed by atoms with van der Waals surface area (Å²) in [6.07, 6.45) is -0.0803. The first-order chi connectivity index (χ1) is 11.0. The Morgan fingerprint density at radius 3 is 2.62 bits per heavy atom. The Labute approximate surface area is 135 Å². The second-order valence-corrected chi connectivity index (χ2v) is 5.55. The number of halogens is 1. The highest BCUT2D eigenvalue weighted by Gasteiger charge is 2.27. The van der Waals surface area contributed by atoms with Gasteiger partial charge in [-0.3, -0.25) is 10.1 Å². The number of carbonyl (C=O) groups is 2. The minimum atomic E-state index is -1.56. The van der Waals surface area contributed by atoms with Crippen LogP contribution in [0, 0.1) is 16.1 Å². The minimum absolute atomic E-state index is 0.510. The van der Waals surface area contributed by atoms with Crippen LogP contribution in [0.3, 0.4) is 0 Å². The van der Waals surface area contributed by atoms with Crippen molar-refractivity contribution in [3.8, 4) is 5.75 Å². The zero-order valence-corrected chi connectivity index (χ0v) is 13.1. The number of carboxylic acids is 1. The van der Waals surface area contributed by atoms with Crippen molar-refractivity contribution in [1.29, 1.82) is 0 Å². The molecule has 0 radical (unpaired) electrons. The van der Waals surface area contributed by atoms with E-state index in [4.69, 9.17) is 14.6 Å². The van der Waals surface area contributed by atoms with Gasteiger partial charge in [0.2, 0.25) is 5.75 Å². The number of hydrogen-bond acceptors (Lipinski definition) is 7. The van der Waals surface area contributed by atoms with Crippen LogP contribution in [-0.4, -0.2) is 45.3 Å². The number of hydrogen-bond donors (Lipinski definition) is 2. The second-order valence-electron chi connectivity index (χ2n) is 5.55. The highest BCUT2D eigenvalue weighted by atomic mass is 19.1. The van der Waals surface area contributed by atoms with Gasteiger partial charge in [0, 0.05) is 12.3 Å². The number of pyridine rings is 1. The predicted molar refractivity (Wildman–Crippen MR) is 77.1 cm³/mol. The molecule has 24 heavy (non-hydrogen) atoms. The number of amides is 1. The minimum Gasteiger partial charge on any atom is -0.484 e. The molecule has 0 aliphatic heterocycles. The van der Waals surface area contributed by atoms with Crippen molar-refractivity contribution >= 4 is 17.7 Å². The maximum atomic E-state index is 13.3. The van der Waals surface area contributed by atoms with Gasteiger partial charge < -0.3 is 19.9 Å². The van der Waals surface area contributed by atoms with Crippen molar-refractivity contribution in [1.82, 2.24) is 10.3 Å². The van der Waals surface area contributed by atoms with Gasteiger partial charge in [-0.25, -0.2) is 14.6 Å². The first-order valence-corrected chi connectivity index (χ1v) is 6.65. The van der Waals surface area contributed by atoms with Crippen LogP contribution in [0.2, 0.25) is 0 Å². The molecule has 0 aliphatic carbocycles. The molecule has 0 saturated heterocycles. The lowest BCUT2D eigenvalue weighted by atomic mass is 10.2. The molecule has 0 saturated carbocycles. The van der Waals surface area contributed by atoms with Gasteiger partial charge >= 0.3 is 17.7 Å². The average Bonchev–Trinajstić information content (AvgIpc) is 2.40. The van der Waals surface area contributed by atoms with Crippen LogP contribution in [-0.2, 0) is 9.53 Å². The van der Waals surface area contributed by atoms with Gasteiger partial charge in [0.1, 0.15) is 12.2 Å². The van der Waals surface area contributed by atoms with Crippen molar-refractivity contribution in [2.45, 2.75) is 32.4 Å². The van der Waals surface area contributed by atoms with E-state index in [1.807, 2.05) is 5.32 Å². The third kappa shape index (κ3) is 5.66. The SMILES string of the molecule is CC(C)(C)OC(=O)N[C@@H](COc1ccnc(F)c1[N+](=O)[O-])C(=O)O. The summed E-state index contributed by atoms with van der Waals surface area (Å²) in [6, 6.07) is -0.552. The standard InChI is InChI=1S/C13H16FN3O7/c1-13(2,3)24-12(20)16-7(11(18)19)6-23-8-4-5-15-10(14)9(8)17(21)22/h4-5,7H,6H2,1-3H3,(H,16,20)(H,18,19)/t7-/m0/s1. The number of nitro groups is 1. The molecule has 11 heteroatoms. The Hall–Kier alpha value is -2.98. The number of nitrogens with one attached hydrogen (secondary N) is 1.